The Kier molecular flexibility index (Phi) is 17.2. The molecule has 0 spiro atoms. The van der Waals surface area contributed by atoms with E-state index in [0.29, 0.717) is 62.5 Å². The van der Waals surface area contributed by atoms with Gasteiger partial charge < -0.3 is 44.7 Å². The van der Waals surface area contributed by atoms with Crippen molar-refractivity contribution in [3.05, 3.63) is 24.4 Å². The molecule has 2 saturated heterocycles. The molecule has 4 rings (SSSR count). The molecule has 1 amide bonds. The average molecular weight is 863 g/mol. The first kappa shape index (κ1) is 49.8. The number of aliphatic hydroxyl groups is 1. The maximum Gasteiger partial charge on any atom is 0.410 e. The summed E-state index contributed by atoms with van der Waals surface area (Å²) in [6.07, 6.45) is -1.23. The van der Waals surface area contributed by atoms with E-state index in [1.807, 2.05) is 39.8 Å². The summed E-state index contributed by atoms with van der Waals surface area (Å²) < 4.78 is 49.5. The van der Waals surface area contributed by atoms with Crippen molar-refractivity contribution in [2.75, 3.05) is 46.6 Å². The molecule has 12 atom stereocenters. The van der Waals surface area contributed by atoms with E-state index >= 15 is 4.39 Å². The number of Topliss-reactive ketones (excluding diaryl/α,β-unsaturated/α-hetero) is 1. The van der Waals surface area contributed by atoms with E-state index in [4.69, 9.17) is 29.4 Å². The van der Waals surface area contributed by atoms with Gasteiger partial charge in [0.05, 0.1) is 29.6 Å². The molecule has 2 aromatic heterocycles. The number of hydrogen-bond donors (Lipinski definition) is 3. The van der Waals surface area contributed by atoms with Gasteiger partial charge in [-0.2, -0.15) is 0 Å². The number of methoxy groups -OCH3 is 1. The number of alkyl halides is 1. The monoisotopic (exact) mass is 863 g/mol. The van der Waals surface area contributed by atoms with Crippen LogP contribution in [0.3, 0.4) is 0 Å². The number of rotatable bonds is 16. The van der Waals surface area contributed by atoms with Crippen molar-refractivity contribution in [2.24, 2.45) is 11.8 Å². The topological polar surface area (TPSA) is 206 Å². The number of halogens is 1. The van der Waals surface area contributed by atoms with E-state index in [9.17, 15) is 19.5 Å². The number of carbonyl (C=O) groups is 3. The Morgan fingerprint density at radius 2 is 1.77 bits per heavy atom. The summed E-state index contributed by atoms with van der Waals surface area (Å²) >= 11 is 0. The number of likely N-dealkylation sites (N-methyl/N-ethyl adjacent to an activating group) is 1. The number of carbonyl (C=O) groups excluding carboxylic acids is 3. The number of aryl methyl sites for hydroxylation is 1. The summed E-state index contributed by atoms with van der Waals surface area (Å²) in [7, 11) is 5.16. The van der Waals surface area contributed by atoms with Crippen molar-refractivity contribution in [2.45, 2.75) is 161 Å². The number of cyclic esters (lactones) is 1. The van der Waals surface area contributed by atoms with Crippen molar-refractivity contribution in [1.82, 2.24) is 35.1 Å². The van der Waals surface area contributed by atoms with Crippen LogP contribution in [0.5, 0.6) is 0 Å². The molecular weight excluding hydrogens is 792 g/mol. The number of anilines is 1. The molecule has 2 aliphatic rings. The molecule has 0 radical (unpaired) electrons. The number of aromatic nitrogens is 4. The number of nitrogen functional groups attached to an aromatic ring is 1. The van der Waals surface area contributed by atoms with Gasteiger partial charge in [-0.25, -0.2) is 19.0 Å². The number of amides is 1. The molecule has 2 fully saturated rings. The Hall–Kier alpha value is -3.81. The molecule has 18 heteroatoms. The van der Waals surface area contributed by atoms with Crippen LogP contribution in [0.2, 0.25) is 0 Å². The zero-order valence-corrected chi connectivity index (χ0v) is 38.2. The van der Waals surface area contributed by atoms with Crippen LogP contribution in [-0.2, 0) is 39.8 Å². The quantitative estimate of drug-likeness (QED) is 0.0926. The number of nitrogens with one attached hydrogen (secondary N) is 1. The summed E-state index contributed by atoms with van der Waals surface area (Å²) in [5.41, 5.74) is 1.22. The predicted molar refractivity (Wildman–Crippen MR) is 227 cm³/mol. The van der Waals surface area contributed by atoms with Gasteiger partial charge in [0.1, 0.15) is 23.7 Å². The highest BCUT2D eigenvalue weighted by Crippen LogP contribution is 2.40. The molecule has 61 heavy (non-hydrogen) atoms. The van der Waals surface area contributed by atoms with Crippen molar-refractivity contribution in [1.29, 1.82) is 0 Å². The Labute approximate surface area is 360 Å². The van der Waals surface area contributed by atoms with Crippen molar-refractivity contribution < 1.29 is 47.6 Å². The molecule has 0 bridgehead atoms. The summed E-state index contributed by atoms with van der Waals surface area (Å²) in [5, 5.41) is 23.6. The molecule has 4 N–H and O–H groups in total. The molecule has 0 aliphatic carbocycles. The van der Waals surface area contributed by atoms with Crippen LogP contribution in [0.1, 0.15) is 94.4 Å². The van der Waals surface area contributed by atoms with Crippen molar-refractivity contribution >= 4 is 23.7 Å². The van der Waals surface area contributed by atoms with Crippen LogP contribution in [0.15, 0.2) is 24.4 Å². The molecule has 3 unspecified atom stereocenters. The van der Waals surface area contributed by atoms with E-state index in [2.05, 4.69) is 20.6 Å². The maximum absolute atomic E-state index is 17.0. The van der Waals surface area contributed by atoms with Gasteiger partial charge in [-0.15, -0.1) is 5.10 Å². The van der Waals surface area contributed by atoms with Gasteiger partial charge in [0.15, 0.2) is 17.7 Å². The molecule has 4 heterocycles. The maximum atomic E-state index is 17.0. The minimum absolute atomic E-state index is 0.129. The lowest BCUT2D eigenvalue weighted by atomic mass is 9.78. The van der Waals surface area contributed by atoms with Crippen LogP contribution < -0.4 is 11.1 Å². The van der Waals surface area contributed by atoms with Crippen LogP contribution in [0, 0.1) is 11.8 Å². The summed E-state index contributed by atoms with van der Waals surface area (Å²) in [4.78, 5) is 50.0. The lowest BCUT2D eigenvalue weighted by molar-refractivity contribution is -0.266. The number of ether oxygens (including phenoxy) is 5. The molecule has 0 saturated carbocycles. The Balaban J connectivity index is 1.64. The number of ketones is 1. The molecular formula is C43H71FN8O9. The molecule has 2 aliphatic heterocycles. The number of esters is 1. The fourth-order valence-corrected chi connectivity index (χ4v) is 9.16. The molecule has 17 nitrogen and oxygen atoms in total. The number of hydrogen-bond acceptors (Lipinski definition) is 15. The van der Waals surface area contributed by atoms with E-state index in [1.54, 1.807) is 61.7 Å². The van der Waals surface area contributed by atoms with Crippen LogP contribution in [0.4, 0.5) is 15.0 Å². The van der Waals surface area contributed by atoms with E-state index in [-0.39, 0.29) is 25.0 Å². The zero-order chi connectivity index (χ0) is 45.4. The molecule has 344 valence electrons. The highest BCUT2D eigenvalue weighted by Gasteiger charge is 2.60. The number of fused-ring (bicyclic) bond motifs is 1. The Morgan fingerprint density at radius 3 is 2.38 bits per heavy atom. The minimum atomic E-state index is -3.15. The van der Waals surface area contributed by atoms with Gasteiger partial charge in [-0.05, 0) is 105 Å². The fraction of sp³-hybridized carbons (Fsp3) is 0.767. The van der Waals surface area contributed by atoms with Crippen LogP contribution >= 0.6 is 0 Å². The first-order chi connectivity index (χ1) is 28.7. The van der Waals surface area contributed by atoms with Crippen LogP contribution in [-0.4, -0.2) is 153 Å². The standard InChI is InChI=1S/C43H71FN8O9/c1-13-31(50(10)11)34(53)38(58-15-3)60-37-27(5)36(54)42(8,44)39(55)59-32(14-2)43(9)35(28(6)46-24-26(4)23-41(37,7)57-12)52(40(56)61-43)22-17-16-21-51-25-30(48-49-51)29-19-18-20-33(45)47-29/h18-20,25-28,31-32,34-35,37-38,46,53H,13-17,21-24H2,1-12H3,(H2,45,47)/t26-,27+,28-,31?,32-,34?,35-,37-,38+,41-,42?,43-/m1/s1. The van der Waals surface area contributed by atoms with Gasteiger partial charge in [-0.1, -0.05) is 39.0 Å². The smallest absolute Gasteiger partial charge is 0.410 e. The Bertz CT molecular complexity index is 1770. The number of nitrogens with zero attached hydrogens (tertiary/aromatic N) is 6. The van der Waals surface area contributed by atoms with Gasteiger partial charge >= 0.3 is 12.1 Å². The second kappa shape index (κ2) is 21.0. The number of aliphatic hydroxyl groups excluding tert-OH is 1. The largest absolute Gasteiger partial charge is 0.455 e. The van der Waals surface area contributed by atoms with E-state index < -0.39 is 77.3 Å². The SMILES string of the molecule is CCO[C@@H](O[C@@H]1[C@@H](C)C(=O)C(C)(F)C(=O)O[C@H](CC)[C@@]2(C)OC(=O)N(CCCCn3cc(-c4cccc(N)n4)nn3)[C@@H]2[C@@H](C)NC[C@H](C)C[C@@]1(C)OC)C(O)C(CC)N(C)C. The average Bonchev–Trinajstić information content (AvgIpc) is 3.79. The zero-order valence-electron chi connectivity index (χ0n) is 38.2. The lowest BCUT2D eigenvalue weighted by Crippen LogP contribution is -2.61. The lowest BCUT2D eigenvalue weighted by Gasteiger charge is -2.44. The second-order valence-electron chi connectivity index (χ2n) is 17.5. The van der Waals surface area contributed by atoms with Gasteiger partial charge in [0.25, 0.3) is 5.67 Å². The normalized spacial score (nSPS) is 32.1. The van der Waals surface area contributed by atoms with E-state index in [1.165, 1.54) is 14.0 Å². The Morgan fingerprint density at radius 1 is 1.08 bits per heavy atom. The number of unbranched alkanes of at least 4 members (excludes halogenated alkanes) is 1. The minimum Gasteiger partial charge on any atom is -0.455 e. The first-order valence-electron chi connectivity index (χ1n) is 21.7. The summed E-state index contributed by atoms with van der Waals surface area (Å²) in [6, 6.07) is 3.86. The molecule has 2 aromatic rings. The van der Waals surface area contributed by atoms with Gasteiger partial charge in [-0.3, -0.25) is 14.4 Å². The van der Waals surface area contributed by atoms with E-state index in [0.717, 1.165) is 6.92 Å². The van der Waals surface area contributed by atoms with Crippen molar-refractivity contribution in [3.63, 3.8) is 0 Å². The third-order valence-corrected chi connectivity index (χ3v) is 12.5. The van der Waals surface area contributed by atoms with Crippen molar-refractivity contribution in [3.8, 4) is 11.4 Å². The first-order valence-corrected chi connectivity index (χ1v) is 21.7. The fourth-order valence-electron chi connectivity index (χ4n) is 9.16. The van der Waals surface area contributed by atoms with Gasteiger partial charge in [0, 0.05) is 44.8 Å². The van der Waals surface area contributed by atoms with Gasteiger partial charge in [0.2, 0.25) is 0 Å². The molecule has 0 aromatic carbocycles. The third-order valence-electron chi connectivity index (χ3n) is 12.5. The highest BCUT2D eigenvalue weighted by molar-refractivity contribution is 6.07. The summed E-state index contributed by atoms with van der Waals surface area (Å²) in [5.74, 6) is -3.53. The second-order valence-corrected chi connectivity index (χ2v) is 17.5. The summed E-state index contributed by atoms with van der Waals surface area (Å²) in [6.45, 7) is 16.7. The third kappa shape index (κ3) is 11.2. The highest BCUT2D eigenvalue weighted by atomic mass is 19.1. The number of pyridine rings is 1. The number of nitrogens with two attached hydrogens (primary N) is 1. The predicted octanol–water partition coefficient (Wildman–Crippen LogP) is 4.41. The van der Waals surface area contributed by atoms with Crippen LogP contribution in [0.25, 0.3) is 11.4 Å².